The minimum atomic E-state index is -3.80. The maximum atomic E-state index is 13.5. The van der Waals surface area contributed by atoms with Crippen LogP contribution >= 0.6 is 11.6 Å². The Labute approximate surface area is 206 Å². The van der Waals surface area contributed by atoms with Crippen molar-refractivity contribution in [2.45, 2.75) is 33.4 Å². The molecule has 34 heavy (non-hydrogen) atoms. The molecule has 1 N–H and O–H groups in total. The Balaban J connectivity index is 2.37. The number of benzene rings is 2. The number of halogens is 1. The summed E-state index contributed by atoms with van der Waals surface area (Å²) >= 11 is 6.31. The first-order valence-corrected chi connectivity index (χ1v) is 13.1. The van der Waals surface area contributed by atoms with Crippen LogP contribution in [0.15, 0.2) is 48.5 Å². The number of hydrogen-bond donors (Lipinski definition) is 1. The SMILES string of the molecule is COc1ccc(N(CC(=O)N(Cc2ccccc2Cl)[C@@H](C)C(=O)NCC(C)C)S(C)(=O)=O)cc1. The van der Waals surface area contributed by atoms with Crippen LogP contribution in [0.25, 0.3) is 0 Å². The van der Waals surface area contributed by atoms with Gasteiger partial charge < -0.3 is 15.0 Å². The molecular weight excluding hydrogens is 478 g/mol. The molecule has 1 atom stereocenters. The van der Waals surface area contributed by atoms with Gasteiger partial charge in [0.2, 0.25) is 21.8 Å². The van der Waals surface area contributed by atoms with Gasteiger partial charge in [-0.25, -0.2) is 8.42 Å². The van der Waals surface area contributed by atoms with E-state index in [0.717, 1.165) is 10.6 Å². The molecule has 0 bridgehead atoms. The monoisotopic (exact) mass is 509 g/mol. The summed E-state index contributed by atoms with van der Waals surface area (Å²) in [5.74, 6) is -0.0724. The molecular formula is C24H32ClN3O5S. The quantitative estimate of drug-likeness (QED) is 0.501. The van der Waals surface area contributed by atoms with Crippen LogP contribution < -0.4 is 14.4 Å². The van der Waals surface area contributed by atoms with E-state index in [2.05, 4.69) is 5.32 Å². The largest absolute Gasteiger partial charge is 0.497 e. The summed E-state index contributed by atoms with van der Waals surface area (Å²) in [7, 11) is -2.29. The van der Waals surface area contributed by atoms with Gasteiger partial charge in [-0.05, 0) is 48.7 Å². The number of methoxy groups -OCH3 is 1. The van der Waals surface area contributed by atoms with Crippen molar-refractivity contribution in [1.82, 2.24) is 10.2 Å². The Morgan fingerprint density at radius 2 is 1.68 bits per heavy atom. The molecule has 0 aliphatic rings. The number of sulfonamides is 1. The van der Waals surface area contributed by atoms with Gasteiger partial charge in [-0.1, -0.05) is 43.6 Å². The lowest BCUT2D eigenvalue weighted by Crippen LogP contribution is -2.51. The molecule has 0 saturated carbocycles. The third kappa shape index (κ3) is 7.63. The number of anilines is 1. The van der Waals surface area contributed by atoms with Crippen molar-refractivity contribution >= 4 is 39.1 Å². The summed E-state index contributed by atoms with van der Waals surface area (Å²) in [6.45, 7) is 5.58. The fourth-order valence-corrected chi connectivity index (χ4v) is 4.25. The first kappa shape index (κ1) is 27.5. The van der Waals surface area contributed by atoms with Crippen molar-refractivity contribution in [2.24, 2.45) is 5.92 Å². The molecule has 0 saturated heterocycles. The van der Waals surface area contributed by atoms with Crippen molar-refractivity contribution in [2.75, 3.05) is 30.8 Å². The highest BCUT2D eigenvalue weighted by Crippen LogP contribution is 2.23. The molecule has 2 aromatic carbocycles. The lowest BCUT2D eigenvalue weighted by Gasteiger charge is -2.31. The van der Waals surface area contributed by atoms with Gasteiger partial charge in [0.15, 0.2) is 0 Å². The van der Waals surface area contributed by atoms with Crippen LogP contribution in [0, 0.1) is 5.92 Å². The van der Waals surface area contributed by atoms with E-state index in [1.165, 1.54) is 12.0 Å². The minimum absolute atomic E-state index is 0.0506. The zero-order valence-electron chi connectivity index (χ0n) is 20.1. The number of hydrogen-bond acceptors (Lipinski definition) is 5. The molecule has 0 spiro atoms. The van der Waals surface area contributed by atoms with Crippen LogP contribution in [0.2, 0.25) is 5.02 Å². The molecule has 2 aromatic rings. The first-order chi connectivity index (χ1) is 15.9. The van der Waals surface area contributed by atoms with E-state index >= 15 is 0 Å². The highest BCUT2D eigenvalue weighted by molar-refractivity contribution is 7.92. The van der Waals surface area contributed by atoms with Crippen LogP contribution in [-0.4, -0.2) is 57.6 Å². The number of rotatable bonds is 11. The van der Waals surface area contributed by atoms with Crippen LogP contribution in [0.1, 0.15) is 26.3 Å². The van der Waals surface area contributed by atoms with Crippen molar-refractivity contribution < 1.29 is 22.7 Å². The summed E-state index contributed by atoms with van der Waals surface area (Å²) in [5.41, 5.74) is 0.961. The fourth-order valence-electron chi connectivity index (χ4n) is 3.21. The molecule has 0 radical (unpaired) electrons. The molecule has 8 nitrogen and oxygen atoms in total. The molecule has 0 unspecified atom stereocenters. The Morgan fingerprint density at radius 1 is 1.06 bits per heavy atom. The van der Waals surface area contributed by atoms with E-state index in [0.29, 0.717) is 28.6 Å². The van der Waals surface area contributed by atoms with Crippen molar-refractivity contribution in [1.29, 1.82) is 0 Å². The average molecular weight is 510 g/mol. The van der Waals surface area contributed by atoms with E-state index in [9.17, 15) is 18.0 Å². The number of amides is 2. The van der Waals surface area contributed by atoms with Gasteiger partial charge in [0.05, 0.1) is 19.1 Å². The molecule has 2 rings (SSSR count). The predicted octanol–water partition coefficient (Wildman–Crippen LogP) is 3.30. The van der Waals surface area contributed by atoms with E-state index in [-0.39, 0.29) is 18.4 Å². The van der Waals surface area contributed by atoms with E-state index < -0.39 is 28.5 Å². The summed E-state index contributed by atoms with van der Waals surface area (Å²) < 4.78 is 31.3. The molecule has 10 heteroatoms. The molecule has 0 aliphatic carbocycles. The van der Waals surface area contributed by atoms with Gasteiger partial charge in [0.25, 0.3) is 0 Å². The Bertz CT molecular complexity index is 1090. The second-order valence-electron chi connectivity index (χ2n) is 8.40. The van der Waals surface area contributed by atoms with Crippen molar-refractivity contribution in [3.8, 4) is 5.75 Å². The van der Waals surface area contributed by atoms with E-state index in [1.54, 1.807) is 55.5 Å². The molecule has 0 aromatic heterocycles. The number of ether oxygens (including phenoxy) is 1. The van der Waals surface area contributed by atoms with Crippen LogP contribution in [-0.2, 0) is 26.2 Å². The number of nitrogens with zero attached hydrogens (tertiary/aromatic N) is 2. The van der Waals surface area contributed by atoms with Gasteiger partial charge >= 0.3 is 0 Å². The van der Waals surface area contributed by atoms with Crippen LogP contribution in [0.4, 0.5) is 5.69 Å². The van der Waals surface area contributed by atoms with Gasteiger partial charge in [0, 0.05) is 18.1 Å². The third-order valence-electron chi connectivity index (χ3n) is 5.19. The van der Waals surface area contributed by atoms with Crippen LogP contribution in [0.5, 0.6) is 5.75 Å². The smallest absolute Gasteiger partial charge is 0.244 e. The lowest BCUT2D eigenvalue weighted by molar-refractivity contribution is -0.139. The van der Waals surface area contributed by atoms with Gasteiger partial charge in [-0.15, -0.1) is 0 Å². The standard InChI is InChI=1S/C24H32ClN3O5S/c1-17(2)14-26-24(30)18(3)27(15-19-8-6-7-9-22(19)25)23(29)16-28(34(5,31)32)20-10-12-21(33-4)13-11-20/h6-13,17-18H,14-16H2,1-5H3,(H,26,30)/t18-/m0/s1. The second kappa shape index (κ2) is 12.1. The van der Waals surface area contributed by atoms with Gasteiger partial charge in [-0.2, -0.15) is 0 Å². The third-order valence-corrected chi connectivity index (χ3v) is 6.70. The zero-order valence-corrected chi connectivity index (χ0v) is 21.7. The first-order valence-electron chi connectivity index (χ1n) is 10.9. The topological polar surface area (TPSA) is 96.0 Å². The highest BCUT2D eigenvalue weighted by atomic mass is 35.5. The molecule has 0 aliphatic heterocycles. The van der Waals surface area contributed by atoms with Crippen molar-refractivity contribution in [3.05, 3.63) is 59.1 Å². The summed E-state index contributed by atoms with van der Waals surface area (Å²) in [4.78, 5) is 27.6. The van der Waals surface area contributed by atoms with Gasteiger partial charge in [0.1, 0.15) is 18.3 Å². The Morgan fingerprint density at radius 3 is 2.21 bits per heavy atom. The van der Waals surface area contributed by atoms with E-state index in [4.69, 9.17) is 16.3 Å². The normalized spacial score (nSPS) is 12.2. The molecule has 2 amide bonds. The molecule has 0 fully saturated rings. The average Bonchev–Trinajstić information content (AvgIpc) is 2.79. The summed E-state index contributed by atoms with van der Waals surface area (Å²) in [6, 6.07) is 12.5. The lowest BCUT2D eigenvalue weighted by atomic mass is 10.1. The zero-order chi connectivity index (χ0) is 25.5. The van der Waals surface area contributed by atoms with Crippen molar-refractivity contribution in [3.63, 3.8) is 0 Å². The van der Waals surface area contributed by atoms with Gasteiger partial charge in [-0.3, -0.25) is 13.9 Å². The van der Waals surface area contributed by atoms with E-state index in [1.807, 2.05) is 13.8 Å². The summed E-state index contributed by atoms with van der Waals surface area (Å²) in [5, 5.41) is 3.28. The number of nitrogens with one attached hydrogen (secondary N) is 1. The molecule has 0 heterocycles. The fraction of sp³-hybridized carbons (Fsp3) is 0.417. The summed E-state index contributed by atoms with van der Waals surface area (Å²) in [6.07, 6.45) is 1.03. The van der Waals surface area contributed by atoms with Crippen LogP contribution in [0.3, 0.4) is 0 Å². The second-order valence-corrected chi connectivity index (χ2v) is 10.7. The maximum Gasteiger partial charge on any atom is 0.244 e. The maximum absolute atomic E-state index is 13.5. The predicted molar refractivity (Wildman–Crippen MR) is 134 cm³/mol. The highest BCUT2D eigenvalue weighted by Gasteiger charge is 2.30. The minimum Gasteiger partial charge on any atom is -0.497 e. The Hall–Kier alpha value is -2.78. The Kier molecular flexibility index (Phi) is 9.76. The molecule has 186 valence electrons. The number of carbonyl (C=O) groups is 2. The number of carbonyl (C=O) groups excluding carboxylic acids is 2.